The summed E-state index contributed by atoms with van der Waals surface area (Å²) in [6.45, 7) is 8.66. The standard InChI is InChI=1S/C8H9O.C4H9O.Mg/c1-7-5-3-4-6-8(7)9-2;1-4(2,3)5;/h3-6H,1H2,2H3;1-3H3;/q2*-1;+2. The first-order valence-electron chi connectivity index (χ1n) is 4.50. The van der Waals surface area contributed by atoms with E-state index in [0.717, 1.165) is 11.3 Å². The molecule has 0 spiro atoms. The summed E-state index contributed by atoms with van der Waals surface area (Å²) in [4.78, 5) is 0. The van der Waals surface area contributed by atoms with Crippen LogP contribution in [0.4, 0.5) is 0 Å². The fourth-order valence-corrected chi connectivity index (χ4v) is 0.703. The van der Waals surface area contributed by atoms with E-state index in [1.54, 1.807) is 27.9 Å². The van der Waals surface area contributed by atoms with Crippen molar-refractivity contribution in [1.29, 1.82) is 0 Å². The van der Waals surface area contributed by atoms with Gasteiger partial charge in [-0.05, 0) is 0 Å². The number of methoxy groups -OCH3 is 1. The third-order valence-corrected chi connectivity index (χ3v) is 1.19. The molecule has 1 rings (SSSR count). The van der Waals surface area contributed by atoms with Crippen molar-refractivity contribution in [3.8, 4) is 5.75 Å². The maximum Gasteiger partial charge on any atom is 2.00 e. The van der Waals surface area contributed by atoms with Gasteiger partial charge in [-0.2, -0.15) is 18.6 Å². The van der Waals surface area contributed by atoms with Crippen molar-refractivity contribution in [3.63, 3.8) is 0 Å². The van der Waals surface area contributed by atoms with Crippen LogP contribution in [0.1, 0.15) is 26.3 Å². The van der Waals surface area contributed by atoms with Crippen LogP contribution in [0.25, 0.3) is 0 Å². The Morgan fingerprint density at radius 1 is 1.20 bits per heavy atom. The second-order valence-corrected chi connectivity index (χ2v) is 3.92. The smallest absolute Gasteiger partial charge is 0.850 e. The van der Waals surface area contributed by atoms with Gasteiger partial charge in [0, 0.05) is 5.75 Å². The number of hydrogen-bond donors (Lipinski definition) is 0. The van der Waals surface area contributed by atoms with Crippen molar-refractivity contribution in [2.45, 2.75) is 26.4 Å². The summed E-state index contributed by atoms with van der Waals surface area (Å²) in [5, 5.41) is 10.1. The normalized spacial score (nSPS) is 9.40. The average Bonchev–Trinajstić information content (AvgIpc) is 2.02. The third kappa shape index (κ3) is 11.5. The minimum absolute atomic E-state index is 0. The molecule has 15 heavy (non-hydrogen) atoms. The number of hydrogen-bond acceptors (Lipinski definition) is 2. The summed E-state index contributed by atoms with van der Waals surface area (Å²) < 4.78 is 4.98. The minimum Gasteiger partial charge on any atom is -0.850 e. The summed E-state index contributed by atoms with van der Waals surface area (Å²) in [6.07, 6.45) is 0. The van der Waals surface area contributed by atoms with Crippen molar-refractivity contribution in [1.82, 2.24) is 0 Å². The minimum atomic E-state index is -0.750. The van der Waals surface area contributed by atoms with Crippen molar-refractivity contribution in [3.05, 3.63) is 36.8 Å². The van der Waals surface area contributed by atoms with Crippen LogP contribution in [0.15, 0.2) is 24.3 Å². The van der Waals surface area contributed by atoms with Crippen LogP contribution in [0.3, 0.4) is 0 Å². The first-order valence-corrected chi connectivity index (χ1v) is 4.50. The van der Waals surface area contributed by atoms with Gasteiger partial charge < -0.3 is 9.84 Å². The van der Waals surface area contributed by atoms with Gasteiger partial charge in [-0.3, -0.25) is 0 Å². The van der Waals surface area contributed by atoms with E-state index < -0.39 is 5.60 Å². The molecule has 0 atom stereocenters. The van der Waals surface area contributed by atoms with Gasteiger partial charge in [-0.1, -0.05) is 32.9 Å². The zero-order valence-corrected chi connectivity index (χ0v) is 11.5. The monoisotopic (exact) mass is 218 g/mol. The summed E-state index contributed by atoms with van der Waals surface area (Å²) in [5.41, 5.74) is 0.181. The largest absolute Gasteiger partial charge is 2.00 e. The Morgan fingerprint density at radius 3 is 1.87 bits per heavy atom. The molecular formula is C12H18MgO2. The molecule has 1 aromatic carbocycles. The van der Waals surface area contributed by atoms with Gasteiger partial charge >= 0.3 is 23.1 Å². The summed E-state index contributed by atoms with van der Waals surface area (Å²) >= 11 is 0. The van der Waals surface area contributed by atoms with Crippen LogP contribution in [-0.4, -0.2) is 35.8 Å². The predicted molar refractivity (Wildman–Crippen MR) is 63.0 cm³/mol. The average molecular weight is 219 g/mol. The molecule has 0 fully saturated rings. The summed E-state index contributed by atoms with van der Waals surface area (Å²) in [7, 11) is 1.64. The number of rotatable bonds is 1. The second kappa shape index (κ2) is 7.85. The molecular weight excluding hydrogens is 200 g/mol. The van der Waals surface area contributed by atoms with E-state index in [-0.39, 0.29) is 23.1 Å². The molecule has 0 radical (unpaired) electrons. The summed E-state index contributed by atoms with van der Waals surface area (Å²) in [5.74, 6) is 0.845. The molecule has 0 N–H and O–H groups in total. The Balaban J connectivity index is 0. The van der Waals surface area contributed by atoms with Crippen LogP contribution < -0.4 is 9.84 Å². The Hall–Kier alpha value is -0.384. The molecule has 0 unspecified atom stereocenters. The van der Waals surface area contributed by atoms with Crippen molar-refractivity contribution < 1.29 is 9.84 Å². The Bertz CT molecular complexity index is 261. The molecule has 0 heterocycles. The fraction of sp³-hybridized carbons (Fsp3) is 0.417. The molecule has 0 aliphatic heterocycles. The SMILES string of the molecule is CC(C)(C)[O-].[CH2-]c1ccccc1OC.[Mg+2]. The molecule has 0 aliphatic rings. The van der Waals surface area contributed by atoms with Gasteiger partial charge in [0.15, 0.2) is 0 Å². The first kappa shape index (κ1) is 17.0. The Morgan fingerprint density at radius 2 is 1.60 bits per heavy atom. The quantitative estimate of drug-likeness (QED) is 0.530. The van der Waals surface area contributed by atoms with Gasteiger partial charge in [0.2, 0.25) is 0 Å². The fourth-order valence-electron chi connectivity index (χ4n) is 0.703. The van der Waals surface area contributed by atoms with Gasteiger partial charge in [-0.15, -0.1) is 11.7 Å². The van der Waals surface area contributed by atoms with E-state index in [2.05, 4.69) is 6.92 Å². The Labute approximate surface area is 109 Å². The number of para-hydroxylation sites is 1. The second-order valence-electron chi connectivity index (χ2n) is 3.92. The zero-order valence-electron chi connectivity index (χ0n) is 10.0. The molecule has 80 valence electrons. The molecule has 0 amide bonds. The van der Waals surface area contributed by atoms with Crippen molar-refractivity contribution >= 4 is 23.1 Å². The zero-order chi connectivity index (χ0) is 11.2. The van der Waals surface area contributed by atoms with Crippen LogP contribution in [0.5, 0.6) is 5.75 Å². The Kier molecular flexibility index (Phi) is 8.91. The first-order chi connectivity index (χ1) is 6.34. The van der Waals surface area contributed by atoms with Crippen LogP contribution in [-0.2, 0) is 0 Å². The molecule has 3 heteroatoms. The molecule has 1 aromatic rings. The molecule has 0 bridgehead atoms. The van der Waals surface area contributed by atoms with E-state index >= 15 is 0 Å². The number of benzene rings is 1. The third-order valence-electron chi connectivity index (χ3n) is 1.19. The van der Waals surface area contributed by atoms with E-state index in [9.17, 15) is 5.11 Å². The van der Waals surface area contributed by atoms with Crippen LogP contribution >= 0.6 is 0 Å². The predicted octanol–water partition coefficient (Wildman–Crippen LogP) is 1.64. The van der Waals surface area contributed by atoms with Crippen LogP contribution in [0, 0.1) is 6.92 Å². The topological polar surface area (TPSA) is 32.3 Å². The summed E-state index contributed by atoms with van der Waals surface area (Å²) in [6, 6.07) is 7.67. The van der Waals surface area contributed by atoms with Gasteiger partial charge in [0.1, 0.15) is 0 Å². The number of ether oxygens (including phenoxy) is 1. The maximum absolute atomic E-state index is 10.1. The van der Waals surface area contributed by atoms with Crippen LogP contribution in [0.2, 0.25) is 0 Å². The van der Waals surface area contributed by atoms with Gasteiger partial charge in [0.25, 0.3) is 0 Å². The van der Waals surface area contributed by atoms with Crippen molar-refractivity contribution in [2.75, 3.05) is 7.11 Å². The van der Waals surface area contributed by atoms with Gasteiger partial charge in [0.05, 0.1) is 7.11 Å². The van der Waals surface area contributed by atoms with E-state index in [1.807, 2.05) is 24.3 Å². The van der Waals surface area contributed by atoms with Crippen molar-refractivity contribution in [2.24, 2.45) is 0 Å². The van der Waals surface area contributed by atoms with E-state index in [0.29, 0.717) is 0 Å². The molecule has 0 saturated heterocycles. The maximum atomic E-state index is 10.1. The van der Waals surface area contributed by atoms with Gasteiger partial charge in [-0.25, -0.2) is 0 Å². The molecule has 0 aromatic heterocycles. The van der Waals surface area contributed by atoms with E-state index in [1.165, 1.54) is 0 Å². The molecule has 2 nitrogen and oxygen atoms in total. The molecule has 0 aliphatic carbocycles. The molecule has 0 saturated carbocycles. The van der Waals surface area contributed by atoms with E-state index in [4.69, 9.17) is 4.74 Å².